The van der Waals surface area contributed by atoms with Gasteiger partial charge in [-0.2, -0.15) is 0 Å². The lowest BCUT2D eigenvalue weighted by Crippen LogP contribution is -2.46. The van der Waals surface area contributed by atoms with Crippen LogP contribution in [0, 0.1) is 0 Å². The van der Waals surface area contributed by atoms with Crippen LogP contribution in [-0.2, 0) is 11.2 Å². The smallest absolute Gasteiger partial charge is 0.256 e. The number of hydrogen-bond donors (Lipinski definition) is 2. The summed E-state index contributed by atoms with van der Waals surface area (Å²) in [4.78, 5) is 30.8. The molecule has 1 heterocycles. The van der Waals surface area contributed by atoms with Gasteiger partial charge in [0.05, 0.1) is 35.9 Å². The normalized spacial score (nSPS) is 16.7. The van der Waals surface area contributed by atoms with Crippen molar-refractivity contribution in [3.8, 4) is 5.75 Å². The molecule has 174 valence electrons. The van der Waals surface area contributed by atoms with E-state index in [4.69, 9.17) is 39.4 Å². The van der Waals surface area contributed by atoms with Crippen LogP contribution in [0.5, 0.6) is 5.75 Å². The highest BCUT2D eigenvalue weighted by Gasteiger charge is 2.32. The van der Waals surface area contributed by atoms with Gasteiger partial charge in [0.1, 0.15) is 5.75 Å². The molecular formula is C24H26Cl2N4O3. The van der Waals surface area contributed by atoms with Crippen LogP contribution >= 0.6 is 23.2 Å². The van der Waals surface area contributed by atoms with Crippen molar-refractivity contribution < 1.29 is 14.3 Å². The Morgan fingerprint density at radius 2 is 1.97 bits per heavy atom. The van der Waals surface area contributed by atoms with E-state index >= 15 is 0 Å². The van der Waals surface area contributed by atoms with E-state index in [1.165, 1.54) is 7.11 Å². The minimum atomic E-state index is -0.450. The third-order valence-electron chi connectivity index (χ3n) is 5.66. The Morgan fingerprint density at radius 1 is 1.24 bits per heavy atom. The number of aliphatic imine (C=N–C) groups is 1. The molecule has 9 heteroatoms. The molecule has 0 saturated heterocycles. The third-order valence-corrected chi connectivity index (χ3v) is 6.27. The first kappa shape index (κ1) is 24.6. The van der Waals surface area contributed by atoms with Crippen LogP contribution in [0.4, 0.5) is 0 Å². The molecule has 0 bridgehead atoms. The quantitative estimate of drug-likeness (QED) is 0.604. The molecule has 3 rings (SSSR count). The van der Waals surface area contributed by atoms with Crippen molar-refractivity contribution in [3.63, 3.8) is 0 Å². The van der Waals surface area contributed by atoms with Gasteiger partial charge >= 0.3 is 0 Å². The molecule has 7 nitrogen and oxygen atoms in total. The van der Waals surface area contributed by atoms with Crippen LogP contribution in [0.15, 0.2) is 52.7 Å². The van der Waals surface area contributed by atoms with Crippen LogP contribution in [0.1, 0.15) is 34.8 Å². The number of benzene rings is 2. The number of carbonyl (C=O) groups is 2. The minimum absolute atomic E-state index is 0.0685. The maximum absolute atomic E-state index is 13.3. The van der Waals surface area contributed by atoms with Gasteiger partial charge in [0.25, 0.3) is 5.91 Å². The van der Waals surface area contributed by atoms with Crippen molar-refractivity contribution in [2.75, 3.05) is 20.7 Å². The third kappa shape index (κ3) is 5.15. The van der Waals surface area contributed by atoms with E-state index in [2.05, 4.69) is 4.99 Å². The second-order valence-electron chi connectivity index (χ2n) is 7.74. The van der Waals surface area contributed by atoms with Gasteiger partial charge in [0, 0.05) is 35.4 Å². The highest BCUT2D eigenvalue weighted by atomic mass is 35.5. The van der Waals surface area contributed by atoms with Gasteiger partial charge in [0.2, 0.25) is 5.91 Å². The van der Waals surface area contributed by atoms with Crippen molar-refractivity contribution in [1.29, 1.82) is 0 Å². The molecule has 2 aromatic carbocycles. The molecular weight excluding hydrogens is 463 g/mol. The van der Waals surface area contributed by atoms with Crippen molar-refractivity contribution in [1.82, 2.24) is 4.90 Å². The predicted octanol–water partition coefficient (Wildman–Crippen LogP) is 3.60. The standard InChI is InChI=1S/C24H26Cl2N4O3/c1-13-22(28)18(23(29-2)15-9-14(11-20(27)31)10-16(25)12-15)7-8-30(13)24(32)17-5-4-6-19(33-3)21(17)26/h4-6,9-10,12-13H,7-8,11,28H2,1-3H3,(H2,27,31)/t13-/m0/s1. The van der Waals surface area contributed by atoms with Crippen LogP contribution in [0.25, 0.3) is 0 Å². The molecule has 0 radical (unpaired) electrons. The van der Waals surface area contributed by atoms with E-state index in [9.17, 15) is 9.59 Å². The highest BCUT2D eigenvalue weighted by Crippen LogP contribution is 2.32. The molecule has 0 spiro atoms. The average Bonchev–Trinajstić information content (AvgIpc) is 2.76. The lowest BCUT2D eigenvalue weighted by atomic mass is 9.90. The maximum atomic E-state index is 13.3. The first-order valence-electron chi connectivity index (χ1n) is 10.3. The Bertz CT molecular complexity index is 1160. The van der Waals surface area contributed by atoms with Gasteiger partial charge in [0.15, 0.2) is 0 Å². The Labute approximate surface area is 203 Å². The maximum Gasteiger partial charge on any atom is 0.256 e. The number of methoxy groups -OCH3 is 1. The van der Waals surface area contributed by atoms with Crippen molar-refractivity contribution >= 4 is 40.7 Å². The fourth-order valence-corrected chi connectivity index (χ4v) is 4.58. The molecule has 0 saturated carbocycles. The summed E-state index contributed by atoms with van der Waals surface area (Å²) in [6.45, 7) is 2.29. The zero-order valence-corrected chi connectivity index (χ0v) is 20.2. The van der Waals surface area contributed by atoms with Gasteiger partial charge < -0.3 is 21.1 Å². The van der Waals surface area contributed by atoms with E-state index in [0.29, 0.717) is 46.3 Å². The Hall–Kier alpha value is -3.03. The van der Waals surface area contributed by atoms with Gasteiger partial charge in [-0.1, -0.05) is 29.3 Å². The summed E-state index contributed by atoms with van der Waals surface area (Å²) in [5.41, 5.74) is 15.7. The van der Waals surface area contributed by atoms with E-state index in [1.54, 1.807) is 42.3 Å². The van der Waals surface area contributed by atoms with Crippen LogP contribution in [0.2, 0.25) is 10.0 Å². The highest BCUT2D eigenvalue weighted by molar-refractivity contribution is 6.35. The van der Waals surface area contributed by atoms with Crippen molar-refractivity contribution in [3.05, 3.63) is 74.4 Å². The molecule has 4 N–H and O–H groups in total. The Balaban J connectivity index is 1.95. The molecule has 1 atom stereocenters. The number of hydrogen-bond acceptors (Lipinski definition) is 5. The number of rotatable bonds is 6. The number of nitrogens with zero attached hydrogens (tertiary/aromatic N) is 2. The first-order chi connectivity index (χ1) is 15.7. The number of primary amides is 1. The molecule has 0 aromatic heterocycles. The number of nitrogens with two attached hydrogens (primary N) is 2. The van der Waals surface area contributed by atoms with Gasteiger partial charge in [-0.25, -0.2) is 0 Å². The molecule has 0 unspecified atom stereocenters. The lowest BCUT2D eigenvalue weighted by molar-refractivity contribution is -0.117. The Kier molecular flexibility index (Phi) is 7.66. The lowest BCUT2D eigenvalue weighted by Gasteiger charge is -2.36. The molecule has 2 amide bonds. The number of ether oxygens (including phenoxy) is 1. The number of amides is 2. The number of carbonyl (C=O) groups excluding carboxylic acids is 2. The average molecular weight is 489 g/mol. The summed E-state index contributed by atoms with van der Waals surface area (Å²) in [6, 6.07) is 10.0. The SMILES string of the molecule is CN=C(C1=C(N)[C@H](C)N(C(=O)c2cccc(OC)c2Cl)CC1)c1cc(Cl)cc(CC(N)=O)c1. The first-order valence-corrected chi connectivity index (χ1v) is 11.1. The topological polar surface area (TPSA) is 111 Å². The van der Waals surface area contributed by atoms with Crippen molar-refractivity contribution in [2.24, 2.45) is 16.5 Å². The Morgan fingerprint density at radius 3 is 2.61 bits per heavy atom. The zero-order valence-electron chi connectivity index (χ0n) is 18.7. The molecule has 1 aliphatic heterocycles. The molecule has 0 fully saturated rings. The second kappa shape index (κ2) is 10.3. The predicted molar refractivity (Wildman–Crippen MR) is 131 cm³/mol. The van der Waals surface area contributed by atoms with E-state index in [1.807, 2.05) is 13.0 Å². The molecule has 0 aliphatic carbocycles. The summed E-state index contributed by atoms with van der Waals surface area (Å²) in [7, 11) is 3.17. The second-order valence-corrected chi connectivity index (χ2v) is 8.56. The summed E-state index contributed by atoms with van der Waals surface area (Å²) < 4.78 is 5.23. The molecule has 33 heavy (non-hydrogen) atoms. The summed E-state index contributed by atoms with van der Waals surface area (Å²) in [5.74, 6) is -0.243. The van der Waals surface area contributed by atoms with E-state index in [-0.39, 0.29) is 23.4 Å². The molecule has 2 aromatic rings. The van der Waals surface area contributed by atoms with Gasteiger partial charge in [-0.3, -0.25) is 14.6 Å². The summed E-state index contributed by atoms with van der Waals surface area (Å²) >= 11 is 12.7. The van der Waals surface area contributed by atoms with Crippen LogP contribution in [0.3, 0.4) is 0 Å². The van der Waals surface area contributed by atoms with Crippen LogP contribution in [-0.4, -0.2) is 49.2 Å². The minimum Gasteiger partial charge on any atom is -0.495 e. The van der Waals surface area contributed by atoms with Gasteiger partial charge in [-0.05, 0) is 49.2 Å². The zero-order chi connectivity index (χ0) is 24.3. The molecule has 1 aliphatic rings. The van der Waals surface area contributed by atoms with E-state index < -0.39 is 5.91 Å². The van der Waals surface area contributed by atoms with Gasteiger partial charge in [-0.15, -0.1) is 0 Å². The van der Waals surface area contributed by atoms with Crippen LogP contribution < -0.4 is 16.2 Å². The summed E-state index contributed by atoms with van der Waals surface area (Å²) in [5, 5.41) is 0.736. The fraction of sp³-hybridized carbons (Fsp3) is 0.292. The monoisotopic (exact) mass is 488 g/mol. The van der Waals surface area contributed by atoms with Crippen molar-refractivity contribution in [2.45, 2.75) is 25.8 Å². The number of halogens is 2. The fourth-order valence-electron chi connectivity index (χ4n) is 4.04. The summed E-state index contributed by atoms with van der Waals surface area (Å²) in [6.07, 6.45) is 0.562. The van der Waals surface area contributed by atoms with E-state index in [0.717, 1.165) is 11.1 Å². The largest absolute Gasteiger partial charge is 0.495 e.